The summed E-state index contributed by atoms with van der Waals surface area (Å²) in [6.07, 6.45) is 12.1. The van der Waals surface area contributed by atoms with E-state index < -0.39 is 83.6 Å². The fraction of sp³-hybridized carbons (Fsp3) is 0.462. The number of rotatable bonds is 42. The number of benzene rings is 3. The number of para-hydroxylation sites is 3. The molecule has 0 unspecified atom stereocenters. The summed E-state index contributed by atoms with van der Waals surface area (Å²) >= 11 is 0. The van der Waals surface area contributed by atoms with Crippen LogP contribution in [-0.2, 0) is 57.6 Å². The second-order valence-corrected chi connectivity index (χ2v) is 23.4. The average Bonchev–Trinajstić information content (AvgIpc) is 1.67. The summed E-state index contributed by atoms with van der Waals surface area (Å²) in [7, 11) is 0. The van der Waals surface area contributed by atoms with Crippen LogP contribution in [0.4, 0.5) is 0 Å². The monoisotopic (exact) mass is 1300 g/mol. The fourth-order valence-corrected chi connectivity index (χ4v) is 11.0. The van der Waals surface area contributed by atoms with Crippen LogP contribution >= 0.6 is 0 Å². The van der Waals surface area contributed by atoms with E-state index in [2.05, 4.69) is 74.1 Å². The minimum absolute atomic E-state index is 0.0358. The van der Waals surface area contributed by atoms with E-state index in [0.717, 1.165) is 64.8 Å². The van der Waals surface area contributed by atoms with Gasteiger partial charge in [0, 0.05) is 103 Å². The highest BCUT2D eigenvalue weighted by molar-refractivity contribution is 5.99. The molecule has 3 aromatic heterocycles. The summed E-state index contributed by atoms with van der Waals surface area (Å²) in [6, 6.07) is 12.9. The number of unbranched alkanes of at least 4 members (excludes halogenated alkanes) is 5. The lowest BCUT2D eigenvalue weighted by molar-refractivity contribution is -0.135. The summed E-state index contributed by atoms with van der Waals surface area (Å²) in [5.41, 5.74) is 50.1. The maximum Gasteiger partial charge on any atom is 0.243 e. The first-order valence-corrected chi connectivity index (χ1v) is 32.2. The van der Waals surface area contributed by atoms with Crippen LogP contribution in [0.3, 0.4) is 0 Å². The predicted molar refractivity (Wildman–Crippen MR) is 365 cm³/mol. The van der Waals surface area contributed by atoms with Crippen LogP contribution in [-0.4, -0.2) is 149 Å². The fourth-order valence-electron chi connectivity index (χ4n) is 11.0. The zero-order chi connectivity index (χ0) is 67.9. The number of hydrogen-bond donors (Lipinski definition) is 18. The third-order valence-corrected chi connectivity index (χ3v) is 16.1. The molecule has 0 saturated heterocycles. The number of carbonyl (C=O) groups is 8. The van der Waals surface area contributed by atoms with E-state index in [0.29, 0.717) is 48.9 Å². The van der Waals surface area contributed by atoms with Gasteiger partial charge in [0.2, 0.25) is 47.3 Å². The summed E-state index contributed by atoms with van der Waals surface area (Å²) in [6.45, 7) is 2.79. The lowest BCUT2D eigenvalue weighted by atomic mass is 10.0. The molecule has 29 nitrogen and oxygen atoms in total. The molecular formula is C65H95N21O8. The van der Waals surface area contributed by atoms with Gasteiger partial charge in [-0.15, -0.1) is 0 Å². The van der Waals surface area contributed by atoms with E-state index in [9.17, 15) is 24.0 Å². The molecule has 0 aliphatic carbocycles. The van der Waals surface area contributed by atoms with Gasteiger partial charge in [-0.05, 0) is 99.1 Å². The Bertz CT molecular complexity index is 3560. The zero-order valence-electron chi connectivity index (χ0n) is 53.5. The summed E-state index contributed by atoms with van der Waals surface area (Å²) in [4.78, 5) is 136. The van der Waals surface area contributed by atoms with Gasteiger partial charge in [-0.1, -0.05) is 87.2 Å². The van der Waals surface area contributed by atoms with Crippen LogP contribution < -0.4 is 83.1 Å². The first kappa shape index (κ1) is 72.9. The van der Waals surface area contributed by atoms with E-state index in [-0.39, 0.29) is 101 Å². The molecule has 8 amide bonds. The largest absolute Gasteiger partial charge is 0.370 e. The molecule has 0 bridgehead atoms. The van der Waals surface area contributed by atoms with Gasteiger partial charge >= 0.3 is 0 Å². The van der Waals surface area contributed by atoms with Gasteiger partial charge < -0.3 is 98.0 Å². The molecule has 0 radical (unpaired) electrons. The Morgan fingerprint density at radius 3 is 1.16 bits per heavy atom. The minimum atomic E-state index is -1.46. The Morgan fingerprint density at radius 1 is 0.404 bits per heavy atom. The number of H-pyrrole nitrogens is 3. The lowest BCUT2D eigenvalue weighted by Gasteiger charge is -2.28. The van der Waals surface area contributed by atoms with E-state index in [1.54, 1.807) is 18.6 Å². The van der Waals surface area contributed by atoms with Crippen LogP contribution in [0.1, 0.15) is 120 Å². The molecule has 3 heterocycles. The molecule has 0 fully saturated rings. The zero-order valence-corrected chi connectivity index (χ0v) is 53.5. The Balaban J connectivity index is 1.28. The maximum atomic E-state index is 15.2. The molecule has 6 rings (SSSR count). The SMILES string of the molecule is CCCCCCCC(=O)NCCCC[C@H](NC(=O)[C@@H](Cc1c[nH]c2ccccc12)NC(=O)[C@H](CCCN=C(N)N)NC(=O)[C@H](Cc1c[nH]c2ccccc12)NC(=O)[C@H](CCCN=C(N)N)NC(=O)[C@@H](Cc1c[nH]c2ccccc12)NC(=O)[C@H](N)CCCN=C(N)N)C(N)=O. The molecule has 26 N–H and O–H groups in total. The van der Waals surface area contributed by atoms with Gasteiger partial charge in [-0.2, -0.15) is 0 Å². The number of nitrogens with zero attached hydrogens (tertiary/aromatic N) is 3. The van der Waals surface area contributed by atoms with Crippen molar-refractivity contribution in [3.63, 3.8) is 0 Å². The average molecular weight is 1300 g/mol. The quantitative estimate of drug-likeness (QED) is 0.0142. The lowest BCUT2D eigenvalue weighted by Crippen LogP contribution is -2.60. The van der Waals surface area contributed by atoms with Gasteiger partial charge in [-0.3, -0.25) is 53.3 Å². The van der Waals surface area contributed by atoms with Crippen molar-refractivity contribution >= 4 is 97.8 Å². The van der Waals surface area contributed by atoms with Gasteiger partial charge in [0.05, 0.1) is 6.04 Å². The van der Waals surface area contributed by atoms with Crippen molar-refractivity contribution in [1.29, 1.82) is 0 Å². The standard InChI is InChI=1S/C65H95N21O8/c1-2-3-4-5-6-28-55(87)74-29-14-13-25-49(56(67)88)81-60(92)53(34-40-37-79-47-23-11-8-19-43(40)47)85-58(90)51(27-17-32-77-65(72)73)83-62(94)54(35-41-38-80-48-24-12-9-20-44(41)48)86-59(91)50(26-16-31-76-64(70)71)82-61(93)52(33-39-36-78-46-22-10-7-18-42(39)46)84-57(89)45(66)21-15-30-75-63(68)69/h7-12,18-20,22-24,36-38,45,49-54,78-80H,2-6,13-17,21,25-35,66H2,1H3,(H2,67,88)(H,74,87)(H,81,92)(H,82,93)(H,83,94)(H,84,89)(H,85,90)(H,86,91)(H4,68,69,75)(H4,70,71,76)(H4,72,73,77)/t45-,49+,50+,51+,52-,53-,54+/m1/s1. The normalized spacial score (nSPS) is 13.4. The number of nitrogens with one attached hydrogen (secondary N) is 10. The highest BCUT2D eigenvalue weighted by atomic mass is 16.2. The Hall–Kier alpha value is -10.2. The molecule has 508 valence electrons. The highest BCUT2D eigenvalue weighted by Gasteiger charge is 2.35. The third-order valence-electron chi connectivity index (χ3n) is 16.1. The Kier molecular flexibility index (Phi) is 29.4. The number of aliphatic imine (C=N–C) groups is 3. The molecule has 0 aliphatic rings. The van der Waals surface area contributed by atoms with Gasteiger partial charge in [0.1, 0.15) is 36.3 Å². The van der Waals surface area contributed by atoms with Gasteiger partial charge in [0.25, 0.3) is 0 Å². The van der Waals surface area contributed by atoms with Crippen molar-refractivity contribution in [2.24, 2.45) is 60.8 Å². The second-order valence-electron chi connectivity index (χ2n) is 23.4. The number of aromatic amines is 3. The molecule has 0 spiro atoms. The van der Waals surface area contributed by atoms with Crippen LogP contribution in [0, 0.1) is 0 Å². The predicted octanol–water partition coefficient (Wildman–Crippen LogP) is 0.688. The molecule has 29 heteroatoms. The smallest absolute Gasteiger partial charge is 0.243 e. The molecule has 7 atom stereocenters. The molecular weight excluding hydrogens is 1200 g/mol. The van der Waals surface area contributed by atoms with Crippen molar-refractivity contribution in [2.75, 3.05) is 26.2 Å². The van der Waals surface area contributed by atoms with Crippen molar-refractivity contribution in [1.82, 2.24) is 52.2 Å². The Morgan fingerprint density at radius 2 is 0.755 bits per heavy atom. The second kappa shape index (κ2) is 38.0. The number of amides is 8. The van der Waals surface area contributed by atoms with Crippen LogP contribution in [0.25, 0.3) is 32.7 Å². The van der Waals surface area contributed by atoms with Crippen molar-refractivity contribution < 1.29 is 38.4 Å². The molecule has 0 aliphatic heterocycles. The first-order valence-electron chi connectivity index (χ1n) is 32.2. The molecule has 94 heavy (non-hydrogen) atoms. The highest BCUT2D eigenvalue weighted by Crippen LogP contribution is 2.23. The van der Waals surface area contributed by atoms with Crippen LogP contribution in [0.15, 0.2) is 106 Å². The number of aromatic nitrogens is 3. The topological polar surface area (TPSA) is 513 Å². The number of hydrogen-bond acceptors (Lipinski definition) is 12. The van der Waals surface area contributed by atoms with Crippen LogP contribution in [0.2, 0.25) is 0 Å². The molecule has 6 aromatic rings. The van der Waals surface area contributed by atoms with Crippen molar-refractivity contribution in [2.45, 2.75) is 165 Å². The summed E-state index contributed by atoms with van der Waals surface area (Å²) < 4.78 is 0. The minimum Gasteiger partial charge on any atom is -0.370 e. The number of fused-ring (bicyclic) bond motifs is 3. The van der Waals surface area contributed by atoms with E-state index >= 15 is 14.4 Å². The number of guanidine groups is 3. The number of primary amides is 1. The van der Waals surface area contributed by atoms with Crippen LogP contribution in [0.5, 0.6) is 0 Å². The van der Waals surface area contributed by atoms with Gasteiger partial charge in [-0.25, -0.2) is 0 Å². The molecule has 3 aromatic carbocycles. The third kappa shape index (κ3) is 23.8. The number of nitrogens with two attached hydrogens (primary N) is 8. The van der Waals surface area contributed by atoms with Crippen molar-refractivity contribution in [3.05, 3.63) is 108 Å². The maximum absolute atomic E-state index is 15.2. The van der Waals surface area contributed by atoms with E-state index in [1.165, 1.54) is 0 Å². The molecule has 0 saturated carbocycles. The Labute approximate surface area is 546 Å². The van der Waals surface area contributed by atoms with E-state index in [4.69, 9.17) is 45.9 Å². The first-order chi connectivity index (χ1) is 45.2. The number of carbonyl (C=O) groups excluding carboxylic acids is 8. The van der Waals surface area contributed by atoms with Gasteiger partial charge in [0.15, 0.2) is 17.9 Å². The summed E-state index contributed by atoms with van der Waals surface area (Å²) in [5, 5.41) is 22.1. The summed E-state index contributed by atoms with van der Waals surface area (Å²) in [5.74, 6) is -6.03. The van der Waals surface area contributed by atoms with E-state index in [1.807, 2.05) is 72.8 Å². The van der Waals surface area contributed by atoms with Crippen molar-refractivity contribution in [3.8, 4) is 0 Å².